The molecule has 0 radical (unpaired) electrons. The molecule has 1 unspecified atom stereocenters. The van der Waals surface area contributed by atoms with E-state index < -0.39 is 17.7 Å². The van der Waals surface area contributed by atoms with E-state index in [9.17, 15) is 14.7 Å². The summed E-state index contributed by atoms with van der Waals surface area (Å²) in [7, 11) is 6.03. The molecule has 37 heavy (non-hydrogen) atoms. The van der Waals surface area contributed by atoms with Crippen LogP contribution in [-0.2, 0) is 14.3 Å². The van der Waals surface area contributed by atoms with Crippen LogP contribution in [0.5, 0.6) is 23.0 Å². The van der Waals surface area contributed by atoms with Crippen LogP contribution in [0.15, 0.2) is 42.0 Å². The first kappa shape index (κ1) is 27.9. The number of aliphatic hydroxyl groups is 1. The quantitative estimate of drug-likeness (QED) is 0.195. The molecule has 2 aromatic rings. The Morgan fingerprint density at radius 1 is 0.973 bits per heavy atom. The molecule has 2 aromatic carbocycles. The number of ether oxygens (including phenoxy) is 5. The first-order valence-electron chi connectivity index (χ1n) is 12.1. The zero-order valence-corrected chi connectivity index (χ0v) is 22.2. The molecule has 200 valence electrons. The predicted molar refractivity (Wildman–Crippen MR) is 138 cm³/mol. The molecule has 1 aliphatic rings. The average Bonchev–Trinajstić information content (AvgIpc) is 3.16. The number of amides is 1. The molecule has 3 rings (SSSR count). The number of hydrogen-bond acceptors (Lipinski definition) is 8. The third-order valence-corrected chi connectivity index (χ3v) is 6.00. The minimum absolute atomic E-state index is 0.0208. The van der Waals surface area contributed by atoms with Crippen LogP contribution in [0.3, 0.4) is 0 Å². The summed E-state index contributed by atoms with van der Waals surface area (Å²) < 4.78 is 27.3. The Kier molecular flexibility index (Phi) is 9.41. The second-order valence-corrected chi connectivity index (χ2v) is 9.03. The molecule has 9 heteroatoms. The van der Waals surface area contributed by atoms with Crippen molar-refractivity contribution < 1.29 is 38.4 Å². The number of carbonyl (C=O) groups excluding carboxylic acids is 2. The van der Waals surface area contributed by atoms with Gasteiger partial charge in [0, 0.05) is 25.8 Å². The van der Waals surface area contributed by atoms with Gasteiger partial charge in [-0.3, -0.25) is 9.59 Å². The minimum Gasteiger partial charge on any atom is -0.507 e. The number of ketones is 1. The van der Waals surface area contributed by atoms with Gasteiger partial charge in [0.15, 0.2) is 11.5 Å². The maximum Gasteiger partial charge on any atom is 0.295 e. The number of methoxy groups -OCH3 is 4. The Morgan fingerprint density at radius 3 is 2.11 bits per heavy atom. The summed E-state index contributed by atoms with van der Waals surface area (Å²) in [6.45, 7) is 5.31. The van der Waals surface area contributed by atoms with Crippen LogP contribution in [0.1, 0.15) is 37.4 Å². The highest BCUT2D eigenvalue weighted by Crippen LogP contribution is 2.45. The summed E-state index contributed by atoms with van der Waals surface area (Å²) in [5.41, 5.74) is 0.904. The van der Waals surface area contributed by atoms with E-state index in [2.05, 4.69) is 13.8 Å². The zero-order chi connectivity index (χ0) is 27.1. The van der Waals surface area contributed by atoms with Crippen LogP contribution in [0.25, 0.3) is 5.76 Å². The van der Waals surface area contributed by atoms with Gasteiger partial charge in [0.2, 0.25) is 5.75 Å². The van der Waals surface area contributed by atoms with Crippen LogP contribution < -0.4 is 18.9 Å². The van der Waals surface area contributed by atoms with Gasteiger partial charge in [-0.1, -0.05) is 13.8 Å². The van der Waals surface area contributed by atoms with Crippen LogP contribution in [-0.4, -0.2) is 69.9 Å². The van der Waals surface area contributed by atoms with E-state index in [-0.39, 0.29) is 17.9 Å². The van der Waals surface area contributed by atoms with Crippen LogP contribution >= 0.6 is 0 Å². The molecular weight excluding hydrogens is 478 g/mol. The van der Waals surface area contributed by atoms with Crippen molar-refractivity contribution in [2.75, 3.05) is 48.2 Å². The maximum atomic E-state index is 13.3. The van der Waals surface area contributed by atoms with Crippen molar-refractivity contribution in [3.05, 3.63) is 53.1 Å². The maximum absolute atomic E-state index is 13.3. The van der Waals surface area contributed by atoms with Gasteiger partial charge in [-0.2, -0.15) is 0 Å². The largest absolute Gasteiger partial charge is 0.507 e. The van der Waals surface area contributed by atoms with Crippen molar-refractivity contribution in [3.63, 3.8) is 0 Å². The molecule has 1 atom stereocenters. The molecule has 0 saturated carbocycles. The molecule has 0 aromatic heterocycles. The lowest BCUT2D eigenvalue weighted by atomic mass is 9.94. The Labute approximate surface area is 217 Å². The topological polar surface area (TPSA) is 104 Å². The molecule has 9 nitrogen and oxygen atoms in total. The van der Waals surface area contributed by atoms with Crippen molar-refractivity contribution in [1.82, 2.24) is 4.90 Å². The third-order valence-electron chi connectivity index (χ3n) is 6.00. The lowest BCUT2D eigenvalue weighted by Gasteiger charge is -2.26. The molecule has 1 N–H and O–H groups in total. The monoisotopic (exact) mass is 513 g/mol. The summed E-state index contributed by atoms with van der Waals surface area (Å²) >= 11 is 0. The fourth-order valence-electron chi connectivity index (χ4n) is 4.22. The van der Waals surface area contributed by atoms with Crippen molar-refractivity contribution in [2.45, 2.75) is 26.3 Å². The standard InChI is InChI=1S/C28H35NO8/c1-17(2)16-37-20-10-8-18(9-11-20)25(30)23-24(29(12-7-13-33-3)28(32)26(23)31)19-14-21(34-4)27(36-6)22(15-19)35-5/h8-11,14-15,17,24,30H,7,12-13,16H2,1-6H3/b25-23+. The first-order valence-corrected chi connectivity index (χ1v) is 12.1. The van der Waals surface area contributed by atoms with Crippen molar-refractivity contribution in [1.29, 1.82) is 0 Å². The summed E-state index contributed by atoms with van der Waals surface area (Å²) in [4.78, 5) is 27.9. The minimum atomic E-state index is -0.873. The molecule has 1 amide bonds. The number of nitrogens with zero attached hydrogens (tertiary/aromatic N) is 1. The van der Waals surface area contributed by atoms with Crippen LogP contribution in [0, 0.1) is 5.92 Å². The van der Waals surface area contributed by atoms with Gasteiger partial charge in [0.25, 0.3) is 11.7 Å². The molecule has 1 fully saturated rings. The lowest BCUT2D eigenvalue weighted by Crippen LogP contribution is -2.31. The van der Waals surface area contributed by atoms with Crippen molar-refractivity contribution in [3.8, 4) is 23.0 Å². The molecule has 0 aliphatic carbocycles. The van der Waals surface area contributed by atoms with Gasteiger partial charge in [-0.15, -0.1) is 0 Å². The highest BCUT2D eigenvalue weighted by atomic mass is 16.5. The van der Waals surface area contributed by atoms with Gasteiger partial charge in [-0.25, -0.2) is 0 Å². The molecule has 1 aliphatic heterocycles. The molecule has 0 bridgehead atoms. The zero-order valence-electron chi connectivity index (χ0n) is 22.2. The Bertz CT molecular complexity index is 1110. The van der Waals surface area contributed by atoms with E-state index in [1.165, 1.54) is 26.2 Å². The number of rotatable bonds is 12. The summed E-state index contributed by atoms with van der Waals surface area (Å²) in [5.74, 6) is 0.370. The highest BCUT2D eigenvalue weighted by molar-refractivity contribution is 6.46. The van der Waals surface area contributed by atoms with E-state index in [1.54, 1.807) is 43.5 Å². The highest BCUT2D eigenvalue weighted by Gasteiger charge is 2.46. The van der Waals surface area contributed by atoms with Gasteiger partial charge in [-0.05, 0) is 54.3 Å². The third kappa shape index (κ3) is 5.99. The van der Waals surface area contributed by atoms with E-state index in [0.717, 1.165) is 0 Å². The smallest absolute Gasteiger partial charge is 0.295 e. The molecule has 1 saturated heterocycles. The first-order chi connectivity index (χ1) is 17.8. The average molecular weight is 514 g/mol. The number of likely N-dealkylation sites (tertiary alicyclic amines) is 1. The SMILES string of the molecule is COCCCN1C(=O)C(=O)/C(=C(/O)c2ccc(OCC(C)C)cc2)C1c1cc(OC)c(OC)c(OC)c1. The summed E-state index contributed by atoms with van der Waals surface area (Å²) in [5, 5.41) is 11.3. The van der Waals surface area contributed by atoms with E-state index in [0.29, 0.717) is 59.7 Å². The molecule has 0 spiro atoms. The van der Waals surface area contributed by atoms with Crippen molar-refractivity contribution in [2.24, 2.45) is 5.92 Å². The van der Waals surface area contributed by atoms with Gasteiger partial charge >= 0.3 is 0 Å². The van der Waals surface area contributed by atoms with E-state index >= 15 is 0 Å². The van der Waals surface area contributed by atoms with Crippen LogP contribution in [0.2, 0.25) is 0 Å². The fraction of sp³-hybridized carbons (Fsp3) is 0.429. The summed E-state index contributed by atoms with van der Waals surface area (Å²) in [6, 6.07) is 9.25. The number of aliphatic hydroxyl groups excluding tert-OH is 1. The van der Waals surface area contributed by atoms with E-state index in [4.69, 9.17) is 23.7 Å². The number of benzene rings is 2. The van der Waals surface area contributed by atoms with E-state index in [1.807, 2.05) is 0 Å². The Morgan fingerprint density at radius 2 is 1.59 bits per heavy atom. The van der Waals surface area contributed by atoms with Crippen LogP contribution in [0.4, 0.5) is 0 Å². The molecular formula is C28H35NO8. The summed E-state index contributed by atoms with van der Waals surface area (Å²) in [6.07, 6.45) is 0.506. The lowest BCUT2D eigenvalue weighted by molar-refractivity contribution is -0.140. The van der Waals surface area contributed by atoms with Gasteiger partial charge in [0.1, 0.15) is 11.5 Å². The second-order valence-electron chi connectivity index (χ2n) is 9.03. The number of Topliss-reactive ketones (excluding diaryl/α,β-unsaturated/α-hetero) is 1. The van der Waals surface area contributed by atoms with Gasteiger partial charge in [0.05, 0.1) is 39.6 Å². The number of carbonyl (C=O) groups is 2. The Balaban J connectivity index is 2.13. The number of hydrogen-bond donors (Lipinski definition) is 1. The molecule has 1 heterocycles. The normalized spacial score (nSPS) is 16.8. The van der Waals surface area contributed by atoms with Gasteiger partial charge < -0.3 is 33.7 Å². The Hall–Kier alpha value is -3.72. The predicted octanol–water partition coefficient (Wildman–Crippen LogP) is 4.21. The second kappa shape index (κ2) is 12.5. The fourth-order valence-corrected chi connectivity index (χ4v) is 4.22. The van der Waals surface area contributed by atoms with Crippen molar-refractivity contribution >= 4 is 17.4 Å².